The van der Waals surface area contributed by atoms with Crippen LogP contribution in [0.4, 0.5) is 4.39 Å². The lowest BCUT2D eigenvalue weighted by Gasteiger charge is -2.25. The maximum Gasteiger partial charge on any atom is 0.227 e. The van der Waals surface area contributed by atoms with Crippen LogP contribution in [0.25, 0.3) is 0 Å². The van der Waals surface area contributed by atoms with Gasteiger partial charge in [0.05, 0.1) is 12.5 Å². The summed E-state index contributed by atoms with van der Waals surface area (Å²) in [6.07, 6.45) is 2.39. The topological polar surface area (TPSA) is 20.3 Å². The first-order chi connectivity index (χ1) is 10.6. The van der Waals surface area contributed by atoms with Crippen LogP contribution >= 0.6 is 0 Å². The molecular weight excluding hydrogens is 277 g/mol. The first-order valence-corrected chi connectivity index (χ1v) is 7.74. The van der Waals surface area contributed by atoms with E-state index in [4.69, 9.17) is 0 Å². The van der Waals surface area contributed by atoms with Gasteiger partial charge in [0, 0.05) is 6.54 Å². The van der Waals surface area contributed by atoms with E-state index < -0.39 is 0 Å². The molecule has 114 valence electrons. The van der Waals surface area contributed by atoms with E-state index in [-0.39, 0.29) is 17.8 Å². The smallest absolute Gasteiger partial charge is 0.227 e. The Kier molecular flexibility index (Phi) is 4.23. The monoisotopic (exact) mass is 297 g/mol. The summed E-state index contributed by atoms with van der Waals surface area (Å²) in [5.74, 6) is -0.0827. The number of likely N-dealkylation sites (tertiary alicyclic amines) is 1. The summed E-state index contributed by atoms with van der Waals surface area (Å²) in [5.41, 5.74) is 3.25. The number of aryl methyl sites for hydroxylation is 1. The summed E-state index contributed by atoms with van der Waals surface area (Å²) in [5, 5.41) is 0. The minimum absolute atomic E-state index is 0.0807. The Labute approximate surface area is 130 Å². The predicted molar refractivity (Wildman–Crippen MR) is 85.0 cm³/mol. The fraction of sp³-hybridized carbons (Fsp3) is 0.316. The van der Waals surface area contributed by atoms with Gasteiger partial charge in [-0.05, 0) is 48.6 Å². The highest BCUT2D eigenvalue weighted by Crippen LogP contribution is 2.32. The van der Waals surface area contributed by atoms with Crippen LogP contribution in [-0.4, -0.2) is 17.4 Å². The molecule has 0 saturated carbocycles. The van der Waals surface area contributed by atoms with Gasteiger partial charge < -0.3 is 4.90 Å². The second-order valence-corrected chi connectivity index (χ2v) is 5.90. The van der Waals surface area contributed by atoms with Gasteiger partial charge in [-0.3, -0.25) is 4.79 Å². The van der Waals surface area contributed by atoms with Gasteiger partial charge in [0.15, 0.2) is 0 Å². The highest BCUT2D eigenvalue weighted by molar-refractivity contribution is 5.80. The molecule has 2 aromatic rings. The normalized spacial score (nSPS) is 17.7. The molecule has 1 atom stereocenters. The molecule has 3 rings (SSSR count). The number of hydrogen-bond acceptors (Lipinski definition) is 1. The number of carbonyl (C=O) groups is 1. The van der Waals surface area contributed by atoms with Crippen molar-refractivity contribution < 1.29 is 9.18 Å². The summed E-state index contributed by atoms with van der Waals surface area (Å²) in [6, 6.07) is 14.6. The quantitative estimate of drug-likeness (QED) is 0.837. The molecule has 22 heavy (non-hydrogen) atoms. The molecule has 0 radical (unpaired) electrons. The van der Waals surface area contributed by atoms with Crippen LogP contribution in [0.1, 0.15) is 35.6 Å². The van der Waals surface area contributed by atoms with E-state index in [1.807, 2.05) is 36.1 Å². The average Bonchev–Trinajstić information content (AvgIpc) is 3.00. The van der Waals surface area contributed by atoms with Crippen molar-refractivity contribution in [3.63, 3.8) is 0 Å². The van der Waals surface area contributed by atoms with Crippen molar-refractivity contribution in [2.75, 3.05) is 6.54 Å². The van der Waals surface area contributed by atoms with Crippen molar-refractivity contribution in [2.45, 2.75) is 32.2 Å². The number of hydrogen-bond donors (Lipinski definition) is 0. The lowest BCUT2D eigenvalue weighted by Crippen LogP contribution is -2.32. The molecule has 0 spiro atoms. The van der Waals surface area contributed by atoms with Crippen LogP contribution in [0.5, 0.6) is 0 Å². The Morgan fingerprint density at radius 3 is 2.64 bits per heavy atom. The molecule has 1 aliphatic heterocycles. The van der Waals surface area contributed by atoms with Gasteiger partial charge in [-0.2, -0.15) is 0 Å². The fourth-order valence-corrected chi connectivity index (χ4v) is 3.17. The van der Waals surface area contributed by atoms with E-state index in [9.17, 15) is 9.18 Å². The van der Waals surface area contributed by atoms with E-state index in [1.165, 1.54) is 12.1 Å². The molecule has 1 heterocycles. The minimum atomic E-state index is -0.237. The van der Waals surface area contributed by atoms with Crippen LogP contribution in [-0.2, 0) is 11.2 Å². The summed E-state index contributed by atoms with van der Waals surface area (Å²) in [4.78, 5) is 14.6. The zero-order valence-electron chi connectivity index (χ0n) is 12.8. The van der Waals surface area contributed by atoms with E-state index >= 15 is 0 Å². The van der Waals surface area contributed by atoms with E-state index in [2.05, 4.69) is 0 Å². The summed E-state index contributed by atoms with van der Waals surface area (Å²) in [7, 11) is 0. The van der Waals surface area contributed by atoms with Gasteiger partial charge in [-0.15, -0.1) is 0 Å². The van der Waals surface area contributed by atoms with Crippen LogP contribution in [0.2, 0.25) is 0 Å². The number of carbonyl (C=O) groups excluding carboxylic acids is 1. The second kappa shape index (κ2) is 6.30. The van der Waals surface area contributed by atoms with Crippen LogP contribution in [0, 0.1) is 12.7 Å². The van der Waals surface area contributed by atoms with Gasteiger partial charge >= 0.3 is 0 Å². The maximum absolute atomic E-state index is 13.1. The molecule has 0 N–H and O–H groups in total. The highest BCUT2D eigenvalue weighted by Gasteiger charge is 2.29. The molecule has 1 unspecified atom stereocenters. The highest BCUT2D eigenvalue weighted by atomic mass is 19.1. The Bertz CT molecular complexity index is 665. The van der Waals surface area contributed by atoms with E-state index in [1.54, 1.807) is 12.1 Å². The first kappa shape index (κ1) is 14.8. The van der Waals surface area contributed by atoms with Gasteiger partial charge in [0.1, 0.15) is 5.82 Å². The molecule has 1 fully saturated rings. The Morgan fingerprint density at radius 1 is 1.18 bits per heavy atom. The zero-order valence-corrected chi connectivity index (χ0v) is 12.8. The first-order valence-electron chi connectivity index (χ1n) is 7.74. The van der Waals surface area contributed by atoms with Crippen molar-refractivity contribution in [1.82, 2.24) is 4.90 Å². The number of rotatable bonds is 3. The molecule has 0 bridgehead atoms. The SMILES string of the molecule is Cc1ccccc1CC(=O)N1CCCC1c1ccc(F)cc1. The van der Waals surface area contributed by atoms with Gasteiger partial charge in [0.25, 0.3) is 0 Å². The molecule has 0 aliphatic carbocycles. The summed E-state index contributed by atoms with van der Waals surface area (Å²) in [6.45, 7) is 2.82. The van der Waals surface area contributed by atoms with Crippen molar-refractivity contribution >= 4 is 5.91 Å². The largest absolute Gasteiger partial charge is 0.335 e. The Morgan fingerprint density at radius 2 is 1.91 bits per heavy atom. The third-order valence-corrected chi connectivity index (χ3v) is 4.43. The molecule has 1 saturated heterocycles. The third-order valence-electron chi connectivity index (χ3n) is 4.43. The van der Waals surface area contributed by atoms with Crippen molar-refractivity contribution in [2.24, 2.45) is 0 Å². The molecule has 2 aromatic carbocycles. The zero-order chi connectivity index (χ0) is 15.5. The number of halogens is 1. The van der Waals surface area contributed by atoms with Gasteiger partial charge in [0.2, 0.25) is 5.91 Å². The van der Waals surface area contributed by atoms with Crippen LogP contribution in [0.3, 0.4) is 0 Å². The van der Waals surface area contributed by atoms with Crippen LogP contribution < -0.4 is 0 Å². The molecule has 1 aliphatic rings. The number of benzene rings is 2. The molecule has 0 aromatic heterocycles. The number of nitrogens with zero attached hydrogens (tertiary/aromatic N) is 1. The van der Waals surface area contributed by atoms with Crippen LogP contribution in [0.15, 0.2) is 48.5 Å². The maximum atomic E-state index is 13.1. The number of amides is 1. The molecule has 2 nitrogen and oxygen atoms in total. The molecule has 1 amide bonds. The van der Waals surface area contributed by atoms with Crippen molar-refractivity contribution in [3.8, 4) is 0 Å². The summed E-state index contributed by atoms with van der Waals surface area (Å²) < 4.78 is 13.1. The molecular formula is C19H20FNO. The van der Waals surface area contributed by atoms with Crippen molar-refractivity contribution in [3.05, 3.63) is 71.0 Å². The summed E-state index contributed by atoms with van der Waals surface area (Å²) >= 11 is 0. The second-order valence-electron chi connectivity index (χ2n) is 5.90. The van der Waals surface area contributed by atoms with Gasteiger partial charge in [-0.1, -0.05) is 36.4 Å². The predicted octanol–water partition coefficient (Wildman–Crippen LogP) is 4.04. The molecule has 3 heteroatoms. The van der Waals surface area contributed by atoms with Gasteiger partial charge in [-0.25, -0.2) is 4.39 Å². The Hall–Kier alpha value is -2.16. The fourth-order valence-electron chi connectivity index (χ4n) is 3.17. The van der Waals surface area contributed by atoms with Crippen molar-refractivity contribution in [1.29, 1.82) is 0 Å². The van der Waals surface area contributed by atoms with E-state index in [0.29, 0.717) is 6.42 Å². The van der Waals surface area contributed by atoms with E-state index in [0.717, 1.165) is 36.1 Å². The third kappa shape index (κ3) is 3.03. The standard InChI is InChI=1S/C19H20FNO/c1-14-5-2-3-6-16(14)13-19(22)21-12-4-7-18(21)15-8-10-17(20)11-9-15/h2-3,5-6,8-11,18H,4,7,12-13H2,1H3. The Balaban J connectivity index is 1.76. The lowest BCUT2D eigenvalue weighted by atomic mass is 10.0. The minimum Gasteiger partial charge on any atom is -0.335 e. The lowest BCUT2D eigenvalue weighted by molar-refractivity contribution is -0.131. The average molecular weight is 297 g/mol.